The Bertz CT molecular complexity index is 472. The van der Waals surface area contributed by atoms with Crippen LogP contribution in [0.5, 0.6) is 0 Å². The first-order valence-corrected chi connectivity index (χ1v) is 7.45. The molecule has 1 aromatic rings. The van der Waals surface area contributed by atoms with Crippen LogP contribution in [0.25, 0.3) is 0 Å². The number of carbonyl (C=O) groups is 1. The molecule has 0 aliphatic carbocycles. The van der Waals surface area contributed by atoms with Gasteiger partial charge in [0.2, 0.25) is 11.0 Å². The number of carbonyl (C=O) groups excluding carboxylic acids is 1. The molecule has 0 aliphatic rings. The lowest BCUT2D eigenvalue weighted by Gasteiger charge is -2.24. The molecule has 1 aromatic heterocycles. The molecular weight excluding hydrogens is 280 g/mol. The van der Waals surface area contributed by atoms with E-state index in [4.69, 9.17) is 18.0 Å². The van der Waals surface area contributed by atoms with E-state index in [2.05, 4.69) is 29.4 Å². The zero-order chi connectivity index (χ0) is 14.6. The molecule has 0 aromatic carbocycles. The summed E-state index contributed by atoms with van der Waals surface area (Å²) in [5, 5.41) is 12.2. The first-order valence-electron chi connectivity index (χ1n) is 6.23. The van der Waals surface area contributed by atoms with Crippen LogP contribution in [-0.4, -0.2) is 21.1 Å². The molecule has 19 heavy (non-hydrogen) atoms. The summed E-state index contributed by atoms with van der Waals surface area (Å²) in [7, 11) is 0. The fraction of sp³-hybridized carbons (Fsp3) is 0.667. The first-order chi connectivity index (χ1) is 8.79. The SMILES string of the molecule is CCC(C)(C(=O)Nc1nnc(CC(C)C)s1)C(N)=S. The number of aromatic nitrogens is 2. The maximum absolute atomic E-state index is 12.2. The fourth-order valence-corrected chi connectivity index (χ4v) is 2.60. The number of amides is 1. The van der Waals surface area contributed by atoms with Crippen molar-refractivity contribution in [2.45, 2.75) is 40.5 Å². The number of thiocarbonyl (C=S) groups is 1. The van der Waals surface area contributed by atoms with Crippen LogP contribution in [0.15, 0.2) is 0 Å². The van der Waals surface area contributed by atoms with Crippen LogP contribution in [0.3, 0.4) is 0 Å². The van der Waals surface area contributed by atoms with E-state index in [-0.39, 0.29) is 10.9 Å². The number of rotatable bonds is 6. The Morgan fingerprint density at radius 1 is 1.53 bits per heavy atom. The van der Waals surface area contributed by atoms with E-state index in [0.717, 1.165) is 11.4 Å². The van der Waals surface area contributed by atoms with E-state index in [1.807, 2.05) is 6.92 Å². The third kappa shape index (κ3) is 3.94. The Morgan fingerprint density at radius 3 is 2.63 bits per heavy atom. The van der Waals surface area contributed by atoms with Gasteiger partial charge in [0.1, 0.15) is 5.01 Å². The molecule has 0 radical (unpaired) electrons. The van der Waals surface area contributed by atoms with E-state index < -0.39 is 5.41 Å². The van der Waals surface area contributed by atoms with Crippen LogP contribution in [-0.2, 0) is 11.2 Å². The summed E-state index contributed by atoms with van der Waals surface area (Å²) in [5.41, 5.74) is 4.80. The summed E-state index contributed by atoms with van der Waals surface area (Å²) in [4.78, 5) is 12.4. The summed E-state index contributed by atoms with van der Waals surface area (Å²) in [5.74, 6) is 0.281. The number of anilines is 1. The summed E-state index contributed by atoms with van der Waals surface area (Å²) in [6.07, 6.45) is 1.40. The molecule has 1 atom stereocenters. The highest BCUT2D eigenvalue weighted by Crippen LogP contribution is 2.25. The van der Waals surface area contributed by atoms with Gasteiger partial charge in [0.15, 0.2) is 0 Å². The predicted molar refractivity (Wildman–Crippen MR) is 82.3 cm³/mol. The third-order valence-electron chi connectivity index (χ3n) is 3.02. The van der Waals surface area contributed by atoms with Crippen molar-refractivity contribution in [2.24, 2.45) is 17.1 Å². The van der Waals surface area contributed by atoms with Crippen molar-refractivity contribution in [1.82, 2.24) is 10.2 Å². The number of hydrogen-bond donors (Lipinski definition) is 2. The second-order valence-corrected chi connectivity index (χ2v) is 6.60. The van der Waals surface area contributed by atoms with E-state index in [0.29, 0.717) is 17.5 Å². The Kier molecular flexibility index (Phi) is 5.37. The number of hydrogen-bond acceptors (Lipinski definition) is 5. The second kappa shape index (κ2) is 6.38. The molecule has 1 unspecified atom stereocenters. The van der Waals surface area contributed by atoms with Gasteiger partial charge in [-0.15, -0.1) is 10.2 Å². The topological polar surface area (TPSA) is 80.9 Å². The number of nitrogens with one attached hydrogen (secondary N) is 1. The molecule has 1 rings (SSSR count). The molecule has 3 N–H and O–H groups in total. The van der Waals surface area contributed by atoms with E-state index in [9.17, 15) is 4.79 Å². The average molecular weight is 300 g/mol. The van der Waals surface area contributed by atoms with Gasteiger partial charge in [-0.25, -0.2) is 0 Å². The van der Waals surface area contributed by atoms with Gasteiger partial charge in [0.05, 0.1) is 10.4 Å². The lowest BCUT2D eigenvalue weighted by molar-refractivity contribution is -0.121. The molecule has 1 amide bonds. The van der Waals surface area contributed by atoms with Crippen molar-refractivity contribution >= 4 is 39.6 Å². The molecule has 7 heteroatoms. The van der Waals surface area contributed by atoms with Crippen molar-refractivity contribution in [1.29, 1.82) is 0 Å². The van der Waals surface area contributed by atoms with Crippen molar-refractivity contribution in [3.8, 4) is 0 Å². The molecule has 0 spiro atoms. The van der Waals surface area contributed by atoms with Gasteiger partial charge in [0.25, 0.3) is 0 Å². The van der Waals surface area contributed by atoms with Crippen LogP contribution in [0.4, 0.5) is 5.13 Å². The van der Waals surface area contributed by atoms with Crippen molar-refractivity contribution in [3.63, 3.8) is 0 Å². The molecule has 1 heterocycles. The molecule has 0 aliphatic heterocycles. The quantitative estimate of drug-likeness (QED) is 0.788. The monoisotopic (exact) mass is 300 g/mol. The number of nitrogens with two attached hydrogens (primary N) is 1. The predicted octanol–water partition coefficient (Wildman–Crippen LogP) is 2.38. The van der Waals surface area contributed by atoms with Gasteiger partial charge < -0.3 is 5.73 Å². The Labute approximate surface area is 123 Å². The molecular formula is C12H20N4OS2. The summed E-state index contributed by atoms with van der Waals surface area (Å²) >= 11 is 6.36. The molecule has 0 saturated heterocycles. The summed E-state index contributed by atoms with van der Waals surface area (Å²) < 4.78 is 0. The zero-order valence-corrected chi connectivity index (χ0v) is 13.3. The maximum Gasteiger partial charge on any atom is 0.238 e. The normalized spacial score (nSPS) is 14.2. The Balaban J connectivity index is 2.77. The highest BCUT2D eigenvalue weighted by atomic mass is 32.1. The van der Waals surface area contributed by atoms with Gasteiger partial charge in [-0.2, -0.15) is 0 Å². The van der Waals surface area contributed by atoms with Gasteiger partial charge >= 0.3 is 0 Å². The van der Waals surface area contributed by atoms with Crippen LogP contribution in [0.2, 0.25) is 0 Å². The van der Waals surface area contributed by atoms with Crippen LogP contribution >= 0.6 is 23.6 Å². The smallest absolute Gasteiger partial charge is 0.238 e. The van der Waals surface area contributed by atoms with Gasteiger partial charge in [-0.3, -0.25) is 10.1 Å². The zero-order valence-electron chi connectivity index (χ0n) is 11.7. The van der Waals surface area contributed by atoms with Gasteiger partial charge in [-0.05, 0) is 19.3 Å². The minimum absolute atomic E-state index is 0.194. The first kappa shape index (κ1) is 16.0. The Morgan fingerprint density at radius 2 is 2.16 bits per heavy atom. The lowest BCUT2D eigenvalue weighted by Crippen LogP contribution is -2.43. The number of nitrogens with zero attached hydrogens (tertiary/aromatic N) is 2. The van der Waals surface area contributed by atoms with Crippen LogP contribution < -0.4 is 11.1 Å². The second-order valence-electron chi connectivity index (χ2n) is 5.10. The van der Waals surface area contributed by atoms with Crippen molar-refractivity contribution < 1.29 is 4.79 Å². The van der Waals surface area contributed by atoms with E-state index in [1.165, 1.54) is 11.3 Å². The van der Waals surface area contributed by atoms with Gasteiger partial charge in [-0.1, -0.05) is 44.3 Å². The molecule has 0 fully saturated rings. The summed E-state index contributed by atoms with van der Waals surface area (Å²) in [6, 6.07) is 0. The van der Waals surface area contributed by atoms with Crippen molar-refractivity contribution in [3.05, 3.63) is 5.01 Å². The van der Waals surface area contributed by atoms with Crippen molar-refractivity contribution in [2.75, 3.05) is 5.32 Å². The van der Waals surface area contributed by atoms with Crippen LogP contribution in [0, 0.1) is 11.3 Å². The molecule has 0 bridgehead atoms. The highest BCUT2D eigenvalue weighted by Gasteiger charge is 2.35. The largest absolute Gasteiger partial charge is 0.392 e. The minimum atomic E-state index is -0.848. The lowest BCUT2D eigenvalue weighted by atomic mass is 9.86. The van der Waals surface area contributed by atoms with Crippen LogP contribution in [0.1, 0.15) is 39.1 Å². The standard InChI is InChI=1S/C12H20N4OS2/c1-5-12(4,9(13)18)10(17)14-11-16-15-8(19-11)6-7(2)3/h7H,5-6H2,1-4H3,(H2,13,18)(H,14,16,17). The summed E-state index contributed by atoms with van der Waals surface area (Å²) in [6.45, 7) is 7.84. The maximum atomic E-state index is 12.2. The molecule has 106 valence electrons. The molecule has 0 saturated carbocycles. The van der Waals surface area contributed by atoms with E-state index >= 15 is 0 Å². The van der Waals surface area contributed by atoms with E-state index in [1.54, 1.807) is 6.92 Å². The van der Waals surface area contributed by atoms with Gasteiger partial charge in [0, 0.05) is 6.42 Å². The minimum Gasteiger partial charge on any atom is -0.392 e. The third-order valence-corrected chi connectivity index (χ3v) is 4.33. The Hall–Kier alpha value is -1.08. The highest BCUT2D eigenvalue weighted by molar-refractivity contribution is 7.80. The fourth-order valence-electron chi connectivity index (χ4n) is 1.42. The molecule has 5 nitrogen and oxygen atoms in total. The average Bonchev–Trinajstić information content (AvgIpc) is 2.73.